The van der Waals surface area contributed by atoms with Crippen LogP contribution in [0.5, 0.6) is 5.75 Å². The highest BCUT2D eigenvalue weighted by atomic mass is 16.5. The van der Waals surface area contributed by atoms with E-state index in [9.17, 15) is 14.4 Å². The topological polar surface area (TPSA) is 175 Å². The molecule has 2 aromatic carbocycles. The van der Waals surface area contributed by atoms with E-state index in [0.29, 0.717) is 80.3 Å². The Morgan fingerprint density at radius 2 is 1.87 bits per heavy atom. The van der Waals surface area contributed by atoms with Gasteiger partial charge in [0.2, 0.25) is 11.8 Å². The molecule has 4 aromatic heterocycles. The molecule has 0 saturated carbocycles. The van der Waals surface area contributed by atoms with Crippen molar-refractivity contribution < 1.29 is 23.6 Å². The molecule has 3 amide bonds. The molecule has 1 saturated heterocycles. The van der Waals surface area contributed by atoms with E-state index in [4.69, 9.17) is 9.26 Å². The Morgan fingerprint density at radius 1 is 1.04 bits per heavy atom. The summed E-state index contributed by atoms with van der Waals surface area (Å²) in [5.41, 5.74) is 7.62. The number of aromatic nitrogens is 7. The van der Waals surface area contributed by atoms with Gasteiger partial charge < -0.3 is 24.8 Å². The molecule has 15 heteroatoms. The molecule has 276 valence electrons. The van der Waals surface area contributed by atoms with Crippen molar-refractivity contribution in [3.8, 4) is 17.0 Å². The van der Waals surface area contributed by atoms with Crippen molar-refractivity contribution in [3.63, 3.8) is 0 Å². The molecule has 6 aromatic rings. The van der Waals surface area contributed by atoms with E-state index >= 15 is 0 Å². The summed E-state index contributed by atoms with van der Waals surface area (Å²) in [6.07, 6.45) is 7.27. The second-order valence-corrected chi connectivity index (χ2v) is 13.9. The van der Waals surface area contributed by atoms with Gasteiger partial charge in [-0.3, -0.25) is 14.4 Å². The highest BCUT2D eigenvalue weighted by Crippen LogP contribution is 2.30. The van der Waals surface area contributed by atoms with Gasteiger partial charge in [-0.25, -0.2) is 14.2 Å². The van der Waals surface area contributed by atoms with Gasteiger partial charge in [0.1, 0.15) is 23.6 Å². The summed E-state index contributed by atoms with van der Waals surface area (Å²) < 4.78 is 14.9. The minimum Gasteiger partial charge on any atom is -0.494 e. The Bertz CT molecular complexity index is 2340. The molecule has 0 unspecified atom stereocenters. The third kappa shape index (κ3) is 7.56. The maximum atomic E-state index is 13.0. The molecule has 2 aliphatic rings. The molecule has 1 fully saturated rings. The number of hydrogen-bond acceptors (Lipinski definition) is 10. The van der Waals surface area contributed by atoms with E-state index in [1.807, 2.05) is 79.5 Å². The highest BCUT2D eigenvalue weighted by molar-refractivity contribution is 6.08. The molecule has 2 aliphatic heterocycles. The number of hydrogen-bond donors (Lipinski definition) is 2. The zero-order chi connectivity index (χ0) is 37.2. The Kier molecular flexibility index (Phi) is 9.59. The van der Waals surface area contributed by atoms with Gasteiger partial charge >= 0.3 is 0 Å². The van der Waals surface area contributed by atoms with Crippen LogP contribution in [-0.2, 0) is 22.6 Å². The van der Waals surface area contributed by atoms with Crippen LogP contribution in [0.25, 0.3) is 16.9 Å². The first kappa shape index (κ1) is 34.7. The largest absolute Gasteiger partial charge is 0.494 e. The van der Waals surface area contributed by atoms with Crippen LogP contribution in [0.15, 0.2) is 71.5 Å². The minimum atomic E-state index is -0.286. The van der Waals surface area contributed by atoms with E-state index in [2.05, 4.69) is 36.2 Å². The quantitative estimate of drug-likeness (QED) is 0.166. The second-order valence-electron chi connectivity index (χ2n) is 13.9. The summed E-state index contributed by atoms with van der Waals surface area (Å²) in [5, 5.41) is 23.1. The number of anilines is 2. The van der Waals surface area contributed by atoms with E-state index in [-0.39, 0.29) is 23.6 Å². The molecule has 8 rings (SSSR count). The number of nitrogens with one attached hydrogen (secondary N) is 2. The minimum absolute atomic E-state index is 0.0400. The average molecular weight is 729 g/mol. The molecule has 0 atom stereocenters. The van der Waals surface area contributed by atoms with Crippen molar-refractivity contribution in [2.75, 3.05) is 30.3 Å². The molecule has 0 spiro atoms. The second kappa shape index (κ2) is 14.9. The number of amides is 3. The van der Waals surface area contributed by atoms with Crippen LogP contribution in [0.4, 0.5) is 11.4 Å². The lowest BCUT2D eigenvalue weighted by atomic mass is 9.93. The van der Waals surface area contributed by atoms with Crippen LogP contribution in [0.3, 0.4) is 0 Å². The lowest BCUT2D eigenvalue weighted by molar-refractivity contribution is -0.132. The van der Waals surface area contributed by atoms with E-state index in [0.717, 1.165) is 52.5 Å². The van der Waals surface area contributed by atoms with Crippen molar-refractivity contribution in [2.45, 2.75) is 64.8 Å². The zero-order valence-electron chi connectivity index (χ0n) is 30.1. The summed E-state index contributed by atoms with van der Waals surface area (Å²) in [4.78, 5) is 43.9. The van der Waals surface area contributed by atoms with Crippen molar-refractivity contribution in [1.29, 1.82) is 0 Å². The number of aryl methyl sites for hydroxylation is 3. The maximum Gasteiger partial charge on any atom is 0.261 e. The smallest absolute Gasteiger partial charge is 0.261 e. The monoisotopic (exact) mass is 728 g/mol. The van der Waals surface area contributed by atoms with Gasteiger partial charge in [-0.15, -0.1) is 5.10 Å². The van der Waals surface area contributed by atoms with Crippen LogP contribution < -0.4 is 15.4 Å². The normalized spacial score (nSPS) is 14.6. The summed E-state index contributed by atoms with van der Waals surface area (Å²) in [5.74, 6) is 1.54. The van der Waals surface area contributed by atoms with Gasteiger partial charge in [0, 0.05) is 66.2 Å². The number of carbonyl (C=O) groups is 3. The number of rotatable bonds is 11. The Hall–Kier alpha value is -6.38. The molecule has 0 bridgehead atoms. The third-order valence-corrected chi connectivity index (χ3v) is 9.94. The molecule has 15 nitrogen and oxygen atoms in total. The number of piperidine rings is 1. The summed E-state index contributed by atoms with van der Waals surface area (Å²) in [6, 6.07) is 17.0. The predicted molar refractivity (Wildman–Crippen MR) is 198 cm³/mol. The molecule has 2 N–H and O–H groups in total. The number of fused-ring (bicyclic) bond motifs is 2. The first-order valence-electron chi connectivity index (χ1n) is 18.2. The van der Waals surface area contributed by atoms with E-state index in [1.54, 1.807) is 9.20 Å². The van der Waals surface area contributed by atoms with Crippen LogP contribution >= 0.6 is 0 Å². The van der Waals surface area contributed by atoms with Gasteiger partial charge in [0.25, 0.3) is 5.91 Å². The zero-order valence-corrected chi connectivity index (χ0v) is 30.1. The van der Waals surface area contributed by atoms with Gasteiger partial charge in [0.05, 0.1) is 24.7 Å². The maximum absolute atomic E-state index is 13.0. The summed E-state index contributed by atoms with van der Waals surface area (Å²) in [7, 11) is 0. The SMILES string of the molecule is Cc1cc(C)n2ncc(C(=O)Nc3ccc(-c4cn(Cc5cc(C6CCN(C(=O)CCCOc7ccc8c(c7)CCC(=O)N8)CC6)no5)nn4)cc3)c2n1. The van der Waals surface area contributed by atoms with E-state index in [1.165, 1.54) is 6.20 Å². The Labute approximate surface area is 310 Å². The van der Waals surface area contributed by atoms with Crippen LogP contribution in [0.2, 0.25) is 0 Å². The van der Waals surface area contributed by atoms with Crippen molar-refractivity contribution >= 4 is 34.7 Å². The average Bonchev–Trinajstić information content (AvgIpc) is 3.95. The number of likely N-dealkylation sites (tertiary alicyclic amines) is 1. The fourth-order valence-electron chi connectivity index (χ4n) is 7.06. The first-order chi connectivity index (χ1) is 26.3. The third-order valence-electron chi connectivity index (χ3n) is 9.94. The van der Waals surface area contributed by atoms with Crippen LogP contribution in [0.1, 0.15) is 76.8 Å². The fraction of sp³-hybridized carbons (Fsp3) is 0.333. The molecule has 0 aliphatic carbocycles. The molecular formula is C39H40N10O5. The van der Waals surface area contributed by atoms with Crippen molar-refractivity contribution in [1.82, 2.24) is 39.6 Å². The summed E-state index contributed by atoms with van der Waals surface area (Å²) in [6.45, 7) is 6.00. The molecule has 6 heterocycles. The lowest BCUT2D eigenvalue weighted by Crippen LogP contribution is -2.38. The Morgan fingerprint density at radius 3 is 2.70 bits per heavy atom. The number of nitrogens with zero attached hydrogens (tertiary/aromatic N) is 8. The van der Waals surface area contributed by atoms with Crippen LogP contribution in [-0.4, -0.2) is 77.1 Å². The highest BCUT2D eigenvalue weighted by Gasteiger charge is 2.26. The van der Waals surface area contributed by atoms with Crippen molar-refractivity contribution in [2.24, 2.45) is 0 Å². The van der Waals surface area contributed by atoms with Gasteiger partial charge in [-0.05, 0) is 81.5 Å². The van der Waals surface area contributed by atoms with Gasteiger partial charge in [-0.1, -0.05) is 22.5 Å². The van der Waals surface area contributed by atoms with Gasteiger partial charge in [-0.2, -0.15) is 5.10 Å². The van der Waals surface area contributed by atoms with Crippen LogP contribution in [0, 0.1) is 13.8 Å². The van der Waals surface area contributed by atoms with Gasteiger partial charge in [0.15, 0.2) is 11.4 Å². The first-order valence-corrected chi connectivity index (χ1v) is 18.2. The van der Waals surface area contributed by atoms with Crippen molar-refractivity contribution in [3.05, 3.63) is 101 Å². The fourth-order valence-corrected chi connectivity index (χ4v) is 7.06. The Balaban J connectivity index is 0.782. The van der Waals surface area contributed by atoms with E-state index < -0.39 is 0 Å². The number of ether oxygens (including phenoxy) is 1. The molecular weight excluding hydrogens is 688 g/mol. The standard InChI is InChI=1S/C39H40N10O5/c1-24-18-25(2)49-38(41-24)32(21-40-49)39(52)42-29-8-5-26(6-9-29)35-23-48(46-44-35)22-31-20-34(45-54-31)27-13-15-47(16-14-27)37(51)4-3-17-53-30-10-11-33-28(19-30)7-12-36(50)43-33/h5-6,8-11,18-21,23,27H,3-4,7,12-17,22H2,1-2H3,(H,42,52)(H,43,50). The predicted octanol–water partition coefficient (Wildman–Crippen LogP) is 5.34. The lowest BCUT2D eigenvalue weighted by Gasteiger charge is -2.31. The summed E-state index contributed by atoms with van der Waals surface area (Å²) >= 11 is 0. The number of carbonyl (C=O) groups excluding carboxylic acids is 3. The molecule has 0 radical (unpaired) electrons. The molecule has 54 heavy (non-hydrogen) atoms. The number of benzene rings is 2.